The molecule has 204 valence electrons. The number of anilines is 2. The highest BCUT2D eigenvalue weighted by Crippen LogP contribution is 2.31. The maximum absolute atomic E-state index is 12.9. The second-order valence-electron chi connectivity index (χ2n) is 10.3. The number of aromatic nitrogens is 1. The summed E-state index contributed by atoms with van der Waals surface area (Å²) in [6.07, 6.45) is 2.12. The van der Waals surface area contributed by atoms with Gasteiger partial charge in [-0.2, -0.15) is 0 Å². The van der Waals surface area contributed by atoms with Gasteiger partial charge in [-0.3, -0.25) is 4.79 Å². The Kier molecular flexibility index (Phi) is 8.19. The van der Waals surface area contributed by atoms with Crippen LogP contribution in [0, 0.1) is 0 Å². The number of piperazine rings is 1. The molecule has 1 saturated heterocycles. The van der Waals surface area contributed by atoms with Gasteiger partial charge in [-0.25, -0.2) is 4.79 Å². The first-order chi connectivity index (χ1) is 18.1. The van der Waals surface area contributed by atoms with Crippen molar-refractivity contribution in [1.82, 2.24) is 15.2 Å². The quantitative estimate of drug-likeness (QED) is 0.386. The Balaban J connectivity index is 1.28. The van der Waals surface area contributed by atoms with Crippen LogP contribution in [0.4, 0.5) is 16.2 Å². The van der Waals surface area contributed by atoms with Gasteiger partial charge in [0.2, 0.25) is 0 Å². The molecule has 1 aliphatic rings. The van der Waals surface area contributed by atoms with Crippen LogP contribution >= 0.6 is 0 Å². The minimum absolute atomic E-state index is 0.0311. The van der Waals surface area contributed by atoms with Crippen molar-refractivity contribution < 1.29 is 23.8 Å². The predicted molar refractivity (Wildman–Crippen MR) is 148 cm³/mol. The third-order valence-electron chi connectivity index (χ3n) is 6.34. The fourth-order valence-electron chi connectivity index (χ4n) is 4.46. The SMILES string of the molecule is COc1cc(N)ccc1N1CCN(C(=O)COc2ccc3[nH]cc(CCNC(=O)OC(C)(C)C)c3c2)CC1. The molecule has 2 aromatic carbocycles. The van der Waals surface area contributed by atoms with Gasteiger partial charge in [0.1, 0.15) is 17.1 Å². The van der Waals surface area contributed by atoms with Crippen LogP contribution in [0.5, 0.6) is 11.5 Å². The van der Waals surface area contributed by atoms with E-state index in [9.17, 15) is 9.59 Å². The first kappa shape index (κ1) is 27.0. The molecule has 1 fully saturated rings. The summed E-state index contributed by atoms with van der Waals surface area (Å²) in [5, 5.41) is 3.78. The number of carbonyl (C=O) groups is 2. The molecule has 10 nitrogen and oxygen atoms in total. The Hall–Kier alpha value is -4.08. The van der Waals surface area contributed by atoms with E-state index in [4.69, 9.17) is 19.9 Å². The van der Waals surface area contributed by atoms with Crippen LogP contribution in [0.25, 0.3) is 10.9 Å². The van der Waals surface area contributed by atoms with Gasteiger partial charge in [-0.1, -0.05) is 0 Å². The molecule has 0 spiro atoms. The van der Waals surface area contributed by atoms with Gasteiger partial charge in [-0.15, -0.1) is 0 Å². The smallest absolute Gasteiger partial charge is 0.407 e. The summed E-state index contributed by atoms with van der Waals surface area (Å²) in [5.74, 6) is 1.30. The first-order valence-corrected chi connectivity index (χ1v) is 12.8. The summed E-state index contributed by atoms with van der Waals surface area (Å²) in [6.45, 7) is 8.50. The highest BCUT2D eigenvalue weighted by Gasteiger charge is 2.23. The van der Waals surface area contributed by atoms with Gasteiger partial charge in [-0.05, 0) is 63.1 Å². The lowest BCUT2D eigenvalue weighted by Gasteiger charge is -2.36. The van der Waals surface area contributed by atoms with Crippen molar-refractivity contribution in [3.63, 3.8) is 0 Å². The number of rotatable bonds is 8. The molecule has 4 N–H and O–H groups in total. The lowest BCUT2D eigenvalue weighted by Crippen LogP contribution is -2.50. The van der Waals surface area contributed by atoms with E-state index >= 15 is 0 Å². The number of methoxy groups -OCH3 is 1. The number of fused-ring (bicyclic) bond motifs is 1. The number of benzene rings is 2. The zero-order valence-corrected chi connectivity index (χ0v) is 22.5. The monoisotopic (exact) mass is 523 g/mol. The molecule has 0 radical (unpaired) electrons. The van der Waals surface area contributed by atoms with Crippen molar-refractivity contribution in [3.8, 4) is 11.5 Å². The van der Waals surface area contributed by atoms with Gasteiger partial charge >= 0.3 is 6.09 Å². The molecule has 10 heteroatoms. The number of carbonyl (C=O) groups excluding carboxylic acids is 2. The molecular formula is C28H37N5O5. The number of aromatic amines is 1. The second kappa shape index (κ2) is 11.5. The molecule has 4 rings (SSSR count). The molecule has 2 heterocycles. The van der Waals surface area contributed by atoms with E-state index in [0.717, 1.165) is 27.9 Å². The van der Waals surface area contributed by atoms with E-state index in [0.29, 0.717) is 50.6 Å². The summed E-state index contributed by atoms with van der Waals surface area (Å²) >= 11 is 0. The summed E-state index contributed by atoms with van der Waals surface area (Å²) in [4.78, 5) is 32.0. The molecule has 3 aromatic rings. The largest absolute Gasteiger partial charge is 0.495 e. The Bertz CT molecular complexity index is 1270. The van der Waals surface area contributed by atoms with Crippen LogP contribution < -0.4 is 25.4 Å². The number of nitrogens with two attached hydrogens (primary N) is 1. The number of amides is 2. The van der Waals surface area contributed by atoms with E-state index in [1.807, 2.05) is 68.3 Å². The molecule has 2 amide bonds. The van der Waals surface area contributed by atoms with Gasteiger partial charge in [0.05, 0.1) is 12.8 Å². The highest BCUT2D eigenvalue weighted by atomic mass is 16.6. The van der Waals surface area contributed by atoms with Crippen molar-refractivity contribution in [1.29, 1.82) is 0 Å². The number of ether oxygens (including phenoxy) is 3. The van der Waals surface area contributed by atoms with Crippen molar-refractivity contribution >= 4 is 34.3 Å². The average Bonchev–Trinajstić information content (AvgIpc) is 3.28. The molecule has 0 atom stereocenters. The number of hydrogen-bond acceptors (Lipinski definition) is 7. The third kappa shape index (κ3) is 6.81. The zero-order chi connectivity index (χ0) is 27.3. The molecule has 0 unspecified atom stereocenters. The fourth-order valence-corrected chi connectivity index (χ4v) is 4.46. The maximum Gasteiger partial charge on any atom is 0.407 e. The standard InChI is InChI=1S/C28H37N5O5/c1-28(2,3)38-27(35)30-10-9-19-17-31-23-7-6-21(16-22(19)23)37-18-26(34)33-13-11-32(12-14-33)24-8-5-20(29)15-25(24)36-4/h5-8,15-17,31H,9-14,18,29H2,1-4H3,(H,30,35). The van der Waals surface area contributed by atoms with Crippen molar-refractivity contribution in [2.75, 3.05) is 57.1 Å². The number of nitrogens with one attached hydrogen (secondary N) is 2. The Morgan fingerprint density at radius 2 is 1.84 bits per heavy atom. The fraction of sp³-hybridized carbons (Fsp3) is 0.429. The van der Waals surface area contributed by atoms with Gasteiger partial charge in [0, 0.05) is 61.6 Å². The lowest BCUT2D eigenvalue weighted by atomic mass is 10.1. The van der Waals surface area contributed by atoms with Crippen LogP contribution in [0.2, 0.25) is 0 Å². The van der Waals surface area contributed by atoms with Crippen LogP contribution in [-0.2, 0) is 16.0 Å². The molecule has 0 bridgehead atoms. The lowest BCUT2D eigenvalue weighted by molar-refractivity contribution is -0.133. The zero-order valence-electron chi connectivity index (χ0n) is 22.5. The van der Waals surface area contributed by atoms with Crippen LogP contribution in [0.3, 0.4) is 0 Å². The van der Waals surface area contributed by atoms with Crippen molar-refractivity contribution in [2.24, 2.45) is 0 Å². The van der Waals surface area contributed by atoms with E-state index in [1.165, 1.54) is 0 Å². The third-order valence-corrected chi connectivity index (χ3v) is 6.34. The Morgan fingerprint density at radius 1 is 1.08 bits per heavy atom. The Labute approximate surface area is 223 Å². The predicted octanol–water partition coefficient (Wildman–Crippen LogP) is 3.55. The van der Waals surface area contributed by atoms with E-state index in [-0.39, 0.29) is 12.5 Å². The molecule has 0 aliphatic carbocycles. The summed E-state index contributed by atoms with van der Waals surface area (Å²) in [6, 6.07) is 11.3. The number of alkyl carbamates (subject to hydrolysis) is 1. The van der Waals surface area contributed by atoms with Crippen LogP contribution in [0.1, 0.15) is 26.3 Å². The molecule has 1 aromatic heterocycles. The second-order valence-corrected chi connectivity index (χ2v) is 10.3. The molecular weight excluding hydrogens is 486 g/mol. The first-order valence-electron chi connectivity index (χ1n) is 12.8. The normalized spacial score (nSPS) is 13.9. The van der Waals surface area contributed by atoms with Crippen molar-refractivity contribution in [3.05, 3.63) is 48.2 Å². The van der Waals surface area contributed by atoms with Gasteiger partial charge in [0.15, 0.2) is 6.61 Å². The van der Waals surface area contributed by atoms with E-state index < -0.39 is 11.7 Å². The van der Waals surface area contributed by atoms with Crippen LogP contribution in [0.15, 0.2) is 42.6 Å². The van der Waals surface area contributed by atoms with Gasteiger partial charge < -0.3 is 40.0 Å². The highest BCUT2D eigenvalue weighted by molar-refractivity contribution is 5.85. The minimum Gasteiger partial charge on any atom is -0.495 e. The number of H-pyrrole nitrogens is 1. The molecule has 0 saturated carbocycles. The topological polar surface area (TPSA) is 122 Å². The molecule has 38 heavy (non-hydrogen) atoms. The Morgan fingerprint density at radius 3 is 2.55 bits per heavy atom. The summed E-state index contributed by atoms with van der Waals surface area (Å²) in [5.41, 5.74) is 8.97. The molecule has 1 aliphatic heterocycles. The maximum atomic E-state index is 12.9. The van der Waals surface area contributed by atoms with Crippen LogP contribution in [-0.4, -0.2) is 73.9 Å². The minimum atomic E-state index is -0.535. The number of nitrogen functional groups attached to an aromatic ring is 1. The number of nitrogens with zero attached hydrogens (tertiary/aromatic N) is 2. The van der Waals surface area contributed by atoms with E-state index in [1.54, 1.807) is 7.11 Å². The average molecular weight is 524 g/mol. The number of hydrogen-bond donors (Lipinski definition) is 3. The van der Waals surface area contributed by atoms with E-state index in [2.05, 4.69) is 15.2 Å². The summed E-state index contributed by atoms with van der Waals surface area (Å²) in [7, 11) is 1.63. The van der Waals surface area contributed by atoms with Crippen molar-refractivity contribution in [2.45, 2.75) is 32.8 Å². The van der Waals surface area contributed by atoms with Gasteiger partial charge in [0.25, 0.3) is 5.91 Å². The summed E-state index contributed by atoms with van der Waals surface area (Å²) < 4.78 is 16.6.